The number of hydrogen-bond acceptors (Lipinski definition) is 3. The van der Waals surface area contributed by atoms with Crippen LogP contribution in [0, 0.1) is 0 Å². The van der Waals surface area contributed by atoms with E-state index >= 15 is 0 Å². The van der Waals surface area contributed by atoms with Crippen LogP contribution in [0.5, 0.6) is 0 Å². The summed E-state index contributed by atoms with van der Waals surface area (Å²) in [7, 11) is 0. The lowest BCUT2D eigenvalue weighted by Gasteiger charge is -2.29. The molecule has 1 saturated carbocycles. The van der Waals surface area contributed by atoms with E-state index in [1.165, 1.54) is 19.4 Å². The van der Waals surface area contributed by atoms with Crippen molar-refractivity contribution in [2.24, 2.45) is 0 Å². The molecule has 3 nitrogen and oxygen atoms in total. The zero-order chi connectivity index (χ0) is 9.10. The van der Waals surface area contributed by atoms with Crippen LogP contribution in [-0.2, 0) is 4.74 Å². The van der Waals surface area contributed by atoms with Gasteiger partial charge < -0.3 is 10.1 Å². The number of rotatable bonds is 4. The van der Waals surface area contributed by atoms with Crippen LogP contribution in [0.2, 0.25) is 0 Å². The maximum Gasteiger partial charge on any atom is 0.0826 e. The number of hydrogen-bond donors (Lipinski definition) is 1. The standard InChI is InChI=1S/C10H20N2O/c1-2-12(9-3-4-9)8-10-7-11-5-6-13-10/h9-11H,2-8H2,1H3. The molecule has 0 aromatic rings. The summed E-state index contributed by atoms with van der Waals surface area (Å²) in [5.41, 5.74) is 0. The third-order valence-electron chi connectivity index (χ3n) is 2.91. The predicted octanol–water partition coefficient (Wildman–Crippen LogP) is 0.459. The van der Waals surface area contributed by atoms with Crippen molar-refractivity contribution in [3.05, 3.63) is 0 Å². The summed E-state index contributed by atoms with van der Waals surface area (Å²) < 4.78 is 5.68. The summed E-state index contributed by atoms with van der Waals surface area (Å²) in [5, 5.41) is 3.37. The van der Waals surface area contributed by atoms with E-state index in [4.69, 9.17) is 4.74 Å². The fraction of sp³-hybridized carbons (Fsp3) is 1.00. The van der Waals surface area contributed by atoms with Crippen LogP contribution < -0.4 is 5.32 Å². The zero-order valence-corrected chi connectivity index (χ0v) is 8.46. The molecule has 2 fully saturated rings. The van der Waals surface area contributed by atoms with E-state index in [1.54, 1.807) is 0 Å². The predicted molar refractivity (Wildman–Crippen MR) is 52.9 cm³/mol. The molecular formula is C10H20N2O. The van der Waals surface area contributed by atoms with Crippen molar-refractivity contribution in [3.8, 4) is 0 Å². The smallest absolute Gasteiger partial charge is 0.0826 e. The van der Waals surface area contributed by atoms with E-state index < -0.39 is 0 Å². The quantitative estimate of drug-likeness (QED) is 0.687. The van der Waals surface area contributed by atoms with Crippen molar-refractivity contribution in [2.45, 2.75) is 31.9 Å². The Morgan fingerprint density at radius 3 is 2.85 bits per heavy atom. The van der Waals surface area contributed by atoms with Crippen LogP contribution >= 0.6 is 0 Å². The van der Waals surface area contributed by atoms with Crippen molar-refractivity contribution in [1.29, 1.82) is 0 Å². The third kappa shape index (κ3) is 2.66. The molecule has 0 radical (unpaired) electrons. The maximum absolute atomic E-state index is 5.68. The van der Waals surface area contributed by atoms with E-state index in [0.29, 0.717) is 6.10 Å². The van der Waals surface area contributed by atoms with Crippen LogP contribution in [0.25, 0.3) is 0 Å². The molecule has 1 N–H and O–H groups in total. The maximum atomic E-state index is 5.68. The first-order chi connectivity index (χ1) is 6.40. The lowest BCUT2D eigenvalue weighted by Crippen LogP contribution is -2.45. The fourth-order valence-electron chi connectivity index (χ4n) is 1.97. The van der Waals surface area contributed by atoms with Gasteiger partial charge in [0.1, 0.15) is 0 Å². The lowest BCUT2D eigenvalue weighted by molar-refractivity contribution is 0.00487. The highest BCUT2D eigenvalue weighted by molar-refractivity contribution is 4.86. The lowest BCUT2D eigenvalue weighted by atomic mass is 10.3. The van der Waals surface area contributed by atoms with Crippen LogP contribution in [0.3, 0.4) is 0 Å². The summed E-state index contributed by atoms with van der Waals surface area (Å²) >= 11 is 0. The molecule has 1 atom stereocenters. The molecule has 0 spiro atoms. The van der Waals surface area contributed by atoms with E-state index in [-0.39, 0.29) is 0 Å². The second-order valence-corrected chi connectivity index (χ2v) is 4.02. The molecule has 2 aliphatic rings. The summed E-state index contributed by atoms with van der Waals surface area (Å²) in [6, 6.07) is 0.871. The Labute approximate surface area is 80.4 Å². The zero-order valence-electron chi connectivity index (χ0n) is 8.46. The SMILES string of the molecule is CCN(CC1CNCCO1)C1CC1. The highest BCUT2D eigenvalue weighted by Gasteiger charge is 2.29. The van der Waals surface area contributed by atoms with Crippen LogP contribution in [0.4, 0.5) is 0 Å². The monoisotopic (exact) mass is 184 g/mol. The number of likely N-dealkylation sites (N-methyl/N-ethyl adjacent to an activating group) is 1. The Bertz CT molecular complexity index is 153. The molecular weight excluding hydrogens is 164 g/mol. The van der Waals surface area contributed by atoms with Gasteiger partial charge in [0.25, 0.3) is 0 Å². The summed E-state index contributed by atoms with van der Waals surface area (Å²) in [5.74, 6) is 0. The molecule has 0 aromatic heterocycles. The summed E-state index contributed by atoms with van der Waals surface area (Å²) in [4.78, 5) is 2.55. The molecule has 3 heteroatoms. The third-order valence-corrected chi connectivity index (χ3v) is 2.91. The van der Waals surface area contributed by atoms with Gasteiger partial charge in [0, 0.05) is 25.7 Å². The minimum Gasteiger partial charge on any atom is -0.374 e. The topological polar surface area (TPSA) is 24.5 Å². The molecule has 0 aromatic carbocycles. The molecule has 1 aliphatic carbocycles. The Balaban J connectivity index is 1.73. The van der Waals surface area contributed by atoms with Gasteiger partial charge in [-0.2, -0.15) is 0 Å². The van der Waals surface area contributed by atoms with E-state index in [9.17, 15) is 0 Å². The van der Waals surface area contributed by atoms with Gasteiger partial charge in [0.15, 0.2) is 0 Å². The second kappa shape index (κ2) is 4.40. The first-order valence-corrected chi connectivity index (χ1v) is 5.46. The largest absolute Gasteiger partial charge is 0.374 e. The van der Waals surface area contributed by atoms with Crippen molar-refractivity contribution >= 4 is 0 Å². The first-order valence-electron chi connectivity index (χ1n) is 5.46. The van der Waals surface area contributed by atoms with E-state index in [2.05, 4.69) is 17.1 Å². The van der Waals surface area contributed by atoms with Crippen molar-refractivity contribution < 1.29 is 4.74 Å². The van der Waals surface area contributed by atoms with Crippen molar-refractivity contribution in [3.63, 3.8) is 0 Å². The summed E-state index contributed by atoms with van der Waals surface area (Å²) in [6.07, 6.45) is 3.22. The van der Waals surface area contributed by atoms with Crippen LogP contribution in [-0.4, -0.2) is 49.8 Å². The number of nitrogens with zero attached hydrogens (tertiary/aromatic N) is 1. The van der Waals surface area contributed by atoms with Gasteiger partial charge in [-0.3, -0.25) is 4.90 Å². The number of nitrogens with one attached hydrogen (secondary N) is 1. The fourth-order valence-corrected chi connectivity index (χ4v) is 1.97. The van der Waals surface area contributed by atoms with Gasteiger partial charge in [-0.05, 0) is 19.4 Å². The molecule has 76 valence electrons. The average Bonchev–Trinajstić information content (AvgIpc) is 2.99. The van der Waals surface area contributed by atoms with Gasteiger partial charge in [0.2, 0.25) is 0 Å². The number of ether oxygens (including phenoxy) is 1. The first kappa shape index (κ1) is 9.44. The second-order valence-electron chi connectivity index (χ2n) is 4.02. The van der Waals surface area contributed by atoms with Gasteiger partial charge in [-0.25, -0.2) is 0 Å². The average molecular weight is 184 g/mol. The molecule has 1 unspecified atom stereocenters. The normalized spacial score (nSPS) is 29.5. The Hall–Kier alpha value is -0.120. The van der Waals surface area contributed by atoms with Gasteiger partial charge in [-0.1, -0.05) is 6.92 Å². The highest BCUT2D eigenvalue weighted by atomic mass is 16.5. The number of morpholine rings is 1. The van der Waals surface area contributed by atoms with Gasteiger partial charge in [0.05, 0.1) is 12.7 Å². The van der Waals surface area contributed by atoms with E-state index in [0.717, 1.165) is 32.3 Å². The molecule has 2 rings (SSSR count). The van der Waals surface area contributed by atoms with Crippen LogP contribution in [0.15, 0.2) is 0 Å². The summed E-state index contributed by atoms with van der Waals surface area (Å²) in [6.45, 7) is 7.47. The van der Waals surface area contributed by atoms with Crippen LogP contribution in [0.1, 0.15) is 19.8 Å². The minimum atomic E-state index is 0.425. The Morgan fingerprint density at radius 2 is 2.31 bits per heavy atom. The van der Waals surface area contributed by atoms with Crippen molar-refractivity contribution in [2.75, 3.05) is 32.8 Å². The molecule has 1 aliphatic heterocycles. The highest BCUT2D eigenvalue weighted by Crippen LogP contribution is 2.26. The Morgan fingerprint density at radius 1 is 1.46 bits per heavy atom. The minimum absolute atomic E-state index is 0.425. The molecule has 0 bridgehead atoms. The van der Waals surface area contributed by atoms with Gasteiger partial charge >= 0.3 is 0 Å². The molecule has 1 heterocycles. The molecule has 0 amide bonds. The van der Waals surface area contributed by atoms with Gasteiger partial charge in [-0.15, -0.1) is 0 Å². The molecule has 1 saturated heterocycles. The van der Waals surface area contributed by atoms with E-state index in [1.807, 2.05) is 0 Å². The van der Waals surface area contributed by atoms with Crippen molar-refractivity contribution in [1.82, 2.24) is 10.2 Å². The molecule has 13 heavy (non-hydrogen) atoms. The Kier molecular flexibility index (Phi) is 3.19.